The van der Waals surface area contributed by atoms with E-state index in [4.69, 9.17) is 4.98 Å². The van der Waals surface area contributed by atoms with Crippen LogP contribution in [0.5, 0.6) is 0 Å². The van der Waals surface area contributed by atoms with Gasteiger partial charge in [0.25, 0.3) is 0 Å². The van der Waals surface area contributed by atoms with Gasteiger partial charge in [0, 0.05) is 69.1 Å². The molecule has 25 heavy (non-hydrogen) atoms. The van der Waals surface area contributed by atoms with E-state index >= 15 is 0 Å². The molecule has 0 radical (unpaired) electrons. The van der Waals surface area contributed by atoms with Crippen molar-refractivity contribution >= 4 is 17.7 Å². The Bertz CT molecular complexity index is 568. The first kappa shape index (κ1) is 17.5. The smallest absolute Gasteiger partial charge is 0.225 e. The molecule has 2 atom stereocenters. The predicted octanol–water partition coefficient (Wildman–Crippen LogP) is 1.06. The van der Waals surface area contributed by atoms with Crippen LogP contribution in [-0.4, -0.2) is 87.8 Å². The highest BCUT2D eigenvalue weighted by atomic mass is 32.2. The minimum absolute atomic E-state index is 0.264. The lowest BCUT2D eigenvalue weighted by atomic mass is 10.0. The summed E-state index contributed by atoms with van der Waals surface area (Å²) in [4.78, 5) is 16.8. The van der Waals surface area contributed by atoms with Crippen molar-refractivity contribution in [1.82, 2.24) is 19.8 Å². The van der Waals surface area contributed by atoms with Gasteiger partial charge in [-0.3, -0.25) is 9.80 Å². The molecule has 3 aliphatic rings. The monoisotopic (exact) mass is 363 g/mol. The van der Waals surface area contributed by atoms with Crippen LogP contribution in [0.4, 0.5) is 5.95 Å². The van der Waals surface area contributed by atoms with Crippen LogP contribution in [0.15, 0.2) is 12.3 Å². The number of aliphatic hydroxyl groups is 1. The number of hydrogen-bond acceptors (Lipinski definition) is 7. The quantitative estimate of drug-likeness (QED) is 0.839. The summed E-state index contributed by atoms with van der Waals surface area (Å²) in [6, 6.07) is 3.18. The molecule has 1 N–H and O–H groups in total. The molecule has 0 aliphatic carbocycles. The summed E-state index contributed by atoms with van der Waals surface area (Å²) in [7, 11) is 0. The summed E-state index contributed by atoms with van der Waals surface area (Å²) < 4.78 is 0. The zero-order valence-corrected chi connectivity index (χ0v) is 15.7. The van der Waals surface area contributed by atoms with E-state index in [1.54, 1.807) is 0 Å². The second kappa shape index (κ2) is 8.20. The number of aliphatic hydroxyl groups excluding tert-OH is 1. The second-order valence-electron chi connectivity index (χ2n) is 7.33. The Morgan fingerprint density at radius 3 is 2.92 bits per heavy atom. The fourth-order valence-electron chi connectivity index (χ4n) is 4.36. The molecular formula is C18H29N5OS. The zero-order valence-electron chi connectivity index (χ0n) is 14.9. The molecule has 3 aliphatic heterocycles. The maximum absolute atomic E-state index is 9.48. The molecule has 0 spiro atoms. The number of anilines is 1. The van der Waals surface area contributed by atoms with E-state index in [0.717, 1.165) is 62.3 Å². The van der Waals surface area contributed by atoms with Crippen LogP contribution < -0.4 is 4.90 Å². The van der Waals surface area contributed by atoms with Crippen molar-refractivity contribution < 1.29 is 5.11 Å². The van der Waals surface area contributed by atoms with Gasteiger partial charge >= 0.3 is 0 Å². The highest BCUT2D eigenvalue weighted by Crippen LogP contribution is 2.27. The lowest BCUT2D eigenvalue weighted by Gasteiger charge is -2.43. The molecule has 0 unspecified atom stereocenters. The molecule has 6 nitrogen and oxygen atoms in total. The number of nitrogens with zero attached hydrogens (tertiary/aromatic N) is 5. The summed E-state index contributed by atoms with van der Waals surface area (Å²) in [5, 5.41) is 9.48. The molecule has 0 bridgehead atoms. The van der Waals surface area contributed by atoms with Gasteiger partial charge in [-0.2, -0.15) is 11.8 Å². The van der Waals surface area contributed by atoms with Gasteiger partial charge in [-0.25, -0.2) is 9.97 Å². The van der Waals surface area contributed by atoms with Crippen LogP contribution >= 0.6 is 11.8 Å². The van der Waals surface area contributed by atoms with Crippen molar-refractivity contribution in [3.8, 4) is 0 Å². The minimum Gasteiger partial charge on any atom is -0.396 e. The Labute approximate surface area is 154 Å². The van der Waals surface area contributed by atoms with Crippen molar-refractivity contribution in [3.05, 3.63) is 18.0 Å². The van der Waals surface area contributed by atoms with E-state index in [0.29, 0.717) is 12.1 Å². The van der Waals surface area contributed by atoms with Crippen LogP contribution in [0.25, 0.3) is 0 Å². The number of hydrogen-bond donors (Lipinski definition) is 1. The third-order valence-electron chi connectivity index (χ3n) is 5.73. The van der Waals surface area contributed by atoms with E-state index < -0.39 is 0 Å². The van der Waals surface area contributed by atoms with Crippen molar-refractivity contribution in [2.45, 2.75) is 37.9 Å². The SMILES string of the molecule is OCC[C@H]1CN2CCC[C@@H]2CN1Cc1ccnc(N2CCSCC2)n1. The van der Waals surface area contributed by atoms with Gasteiger partial charge < -0.3 is 10.0 Å². The van der Waals surface area contributed by atoms with Crippen LogP contribution in [0, 0.1) is 0 Å². The largest absolute Gasteiger partial charge is 0.396 e. The standard InChI is InChI=1S/C18H29N5OS/c24-9-4-17-13-22-6-1-2-16(22)14-23(17)12-15-3-5-19-18(20-15)21-7-10-25-11-8-21/h3,5,16-17,24H,1-2,4,6-14H2/t16-,17+/m1/s1. The minimum atomic E-state index is 0.264. The Morgan fingerprint density at radius 2 is 2.08 bits per heavy atom. The van der Waals surface area contributed by atoms with Crippen molar-refractivity contribution in [2.75, 3.05) is 55.7 Å². The molecule has 3 saturated heterocycles. The summed E-state index contributed by atoms with van der Waals surface area (Å²) in [5.41, 5.74) is 1.11. The number of aromatic nitrogens is 2. The Morgan fingerprint density at radius 1 is 1.20 bits per heavy atom. The molecule has 4 heterocycles. The molecule has 4 rings (SSSR count). The molecule has 0 saturated carbocycles. The fourth-order valence-corrected chi connectivity index (χ4v) is 5.26. The van der Waals surface area contributed by atoms with E-state index in [1.807, 2.05) is 18.0 Å². The maximum Gasteiger partial charge on any atom is 0.225 e. The van der Waals surface area contributed by atoms with E-state index in [1.165, 1.54) is 19.4 Å². The van der Waals surface area contributed by atoms with Gasteiger partial charge in [0.2, 0.25) is 5.95 Å². The molecule has 7 heteroatoms. The summed E-state index contributed by atoms with van der Waals surface area (Å²) >= 11 is 2.01. The number of fused-ring (bicyclic) bond motifs is 1. The van der Waals surface area contributed by atoms with Gasteiger partial charge in [0.1, 0.15) is 0 Å². The molecule has 1 aromatic heterocycles. The first-order chi connectivity index (χ1) is 12.3. The van der Waals surface area contributed by atoms with Gasteiger partial charge in [-0.1, -0.05) is 0 Å². The Hall–Kier alpha value is -0.890. The van der Waals surface area contributed by atoms with Crippen LogP contribution in [0.3, 0.4) is 0 Å². The third kappa shape index (κ3) is 4.10. The third-order valence-corrected chi connectivity index (χ3v) is 6.67. The molecule has 1 aromatic rings. The molecular weight excluding hydrogens is 334 g/mol. The van der Waals surface area contributed by atoms with E-state index in [9.17, 15) is 5.11 Å². The predicted molar refractivity (Wildman–Crippen MR) is 102 cm³/mol. The number of piperazine rings is 1. The Balaban J connectivity index is 1.45. The van der Waals surface area contributed by atoms with Gasteiger partial charge in [0.05, 0.1) is 5.69 Å². The van der Waals surface area contributed by atoms with E-state index in [2.05, 4.69) is 25.8 Å². The van der Waals surface area contributed by atoms with Gasteiger partial charge in [-0.15, -0.1) is 0 Å². The summed E-state index contributed by atoms with van der Waals surface area (Å²) in [6.07, 6.45) is 5.38. The fraction of sp³-hybridized carbons (Fsp3) is 0.778. The number of rotatable bonds is 5. The molecule has 3 fully saturated rings. The van der Waals surface area contributed by atoms with Crippen LogP contribution in [0.2, 0.25) is 0 Å². The van der Waals surface area contributed by atoms with Crippen molar-refractivity contribution in [3.63, 3.8) is 0 Å². The molecule has 138 valence electrons. The van der Waals surface area contributed by atoms with E-state index in [-0.39, 0.29) is 6.61 Å². The topological polar surface area (TPSA) is 55.7 Å². The Kier molecular flexibility index (Phi) is 5.75. The van der Waals surface area contributed by atoms with Crippen LogP contribution in [0.1, 0.15) is 25.0 Å². The van der Waals surface area contributed by atoms with Gasteiger partial charge in [0.15, 0.2) is 0 Å². The first-order valence-electron chi connectivity index (χ1n) is 9.57. The highest BCUT2D eigenvalue weighted by Gasteiger charge is 2.36. The van der Waals surface area contributed by atoms with Gasteiger partial charge in [-0.05, 0) is 31.9 Å². The lowest BCUT2D eigenvalue weighted by molar-refractivity contribution is 0.0326. The summed E-state index contributed by atoms with van der Waals surface area (Å²) in [5.74, 6) is 3.21. The number of thioether (sulfide) groups is 1. The lowest BCUT2D eigenvalue weighted by Crippen LogP contribution is -2.55. The maximum atomic E-state index is 9.48. The first-order valence-corrected chi connectivity index (χ1v) is 10.7. The zero-order chi connectivity index (χ0) is 17.1. The molecule has 0 aromatic carbocycles. The van der Waals surface area contributed by atoms with Crippen molar-refractivity contribution in [2.24, 2.45) is 0 Å². The average Bonchev–Trinajstić information content (AvgIpc) is 3.10. The van der Waals surface area contributed by atoms with Crippen LogP contribution in [-0.2, 0) is 6.54 Å². The van der Waals surface area contributed by atoms with Crippen molar-refractivity contribution in [1.29, 1.82) is 0 Å². The average molecular weight is 364 g/mol. The summed E-state index contributed by atoms with van der Waals surface area (Å²) in [6.45, 7) is 6.64. The second-order valence-corrected chi connectivity index (χ2v) is 8.56. The molecule has 0 amide bonds. The normalized spacial score (nSPS) is 28.3. The highest BCUT2D eigenvalue weighted by molar-refractivity contribution is 7.99.